The van der Waals surface area contributed by atoms with Crippen LogP contribution in [0, 0.1) is 0 Å². The summed E-state index contributed by atoms with van der Waals surface area (Å²) in [6.45, 7) is 0.195. The Bertz CT molecular complexity index is 474. The first-order chi connectivity index (χ1) is 8.75. The molecule has 1 aromatic carbocycles. The second-order valence-electron chi connectivity index (χ2n) is 4.61. The molecule has 5 nitrogen and oxygen atoms in total. The molecule has 0 aromatic heterocycles. The molecule has 2 fully saturated rings. The lowest BCUT2D eigenvalue weighted by atomic mass is 9.87. The maximum absolute atomic E-state index is 11.9. The van der Waals surface area contributed by atoms with E-state index in [1.54, 1.807) is 0 Å². The highest BCUT2D eigenvalue weighted by molar-refractivity contribution is 5.93. The minimum atomic E-state index is -0.552. The van der Waals surface area contributed by atoms with E-state index in [2.05, 4.69) is 5.32 Å². The third kappa shape index (κ3) is 1.81. The molecule has 1 aromatic rings. The average molecular weight is 246 g/mol. The van der Waals surface area contributed by atoms with Gasteiger partial charge in [0, 0.05) is 0 Å². The summed E-state index contributed by atoms with van der Waals surface area (Å²) in [7, 11) is 0. The van der Waals surface area contributed by atoms with Gasteiger partial charge in [-0.2, -0.15) is 0 Å². The number of carbonyl (C=O) groups excluding carboxylic acids is 2. The molecular weight excluding hydrogens is 232 g/mol. The molecule has 1 aliphatic heterocycles. The molecule has 3 amide bonds. The van der Waals surface area contributed by atoms with Gasteiger partial charge in [-0.15, -0.1) is 0 Å². The molecule has 94 valence electrons. The van der Waals surface area contributed by atoms with E-state index in [-0.39, 0.29) is 24.7 Å². The highest BCUT2D eigenvalue weighted by Crippen LogP contribution is 2.31. The monoisotopic (exact) mass is 246 g/mol. The number of hydrogen-bond acceptors (Lipinski definition) is 3. The van der Waals surface area contributed by atoms with Crippen molar-refractivity contribution in [2.45, 2.75) is 31.5 Å². The molecule has 0 bridgehead atoms. The number of hydrogen-bond donors (Lipinski definition) is 1. The zero-order valence-corrected chi connectivity index (χ0v) is 9.83. The third-order valence-corrected chi connectivity index (χ3v) is 3.50. The maximum atomic E-state index is 11.9. The predicted molar refractivity (Wildman–Crippen MR) is 63.8 cm³/mol. The molecule has 3 rings (SSSR count). The molecule has 1 aliphatic carbocycles. The van der Waals surface area contributed by atoms with E-state index in [4.69, 9.17) is 4.74 Å². The Morgan fingerprint density at radius 2 is 2.11 bits per heavy atom. The van der Waals surface area contributed by atoms with Gasteiger partial charge in [0.15, 0.2) is 0 Å². The molecule has 18 heavy (non-hydrogen) atoms. The van der Waals surface area contributed by atoms with E-state index < -0.39 is 6.09 Å². The quantitative estimate of drug-likeness (QED) is 0.866. The molecule has 1 heterocycles. The summed E-state index contributed by atoms with van der Waals surface area (Å²) in [5.41, 5.74) is 0.913. The van der Waals surface area contributed by atoms with Crippen LogP contribution in [-0.2, 0) is 11.3 Å². The van der Waals surface area contributed by atoms with Gasteiger partial charge in [0.1, 0.15) is 6.61 Å². The van der Waals surface area contributed by atoms with E-state index in [0.29, 0.717) is 0 Å². The smallest absolute Gasteiger partial charge is 0.418 e. The van der Waals surface area contributed by atoms with Gasteiger partial charge in [-0.05, 0) is 18.4 Å². The number of fused-ring (bicyclic) bond motifs is 1. The molecule has 5 heteroatoms. The number of benzene rings is 1. The summed E-state index contributed by atoms with van der Waals surface area (Å²) in [6, 6.07) is 9.20. The second-order valence-corrected chi connectivity index (χ2v) is 4.61. The third-order valence-electron chi connectivity index (χ3n) is 3.50. The van der Waals surface area contributed by atoms with Crippen LogP contribution in [0.25, 0.3) is 0 Å². The zero-order valence-electron chi connectivity index (χ0n) is 9.83. The maximum Gasteiger partial charge on any atom is 0.418 e. The number of amides is 3. The Morgan fingerprint density at radius 1 is 1.33 bits per heavy atom. The first kappa shape index (κ1) is 11.1. The lowest BCUT2D eigenvalue weighted by Gasteiger charge is -2.32. The molecule has 0 unspecified atom stereocenters. The summed E-state index contributed by atoms with van der Waals surface area (Å²) in [6.07, 6.45) is 1.26. The van der Waals surface area contributed by atoms with Gasteiger partial charge in [-0.25, -0.2) is 14.5 Å². The summed E-state index contributed by atoms with van der Waals surface area (Å²) in [5.74, 6) is 0. The van der Waals surface area contributed by atoms with E-state index in [1.807, 2.05) is 30.3 Å². The Labute approximate surface area is 105 Å². The lowest BCUT2D eigenvalue weighted by molar-refractivity contribution is 0.0884. The van der Waals surface area contributed by atoms with Crippen molar-refractivity contribution < 1.29 is 14.3 Å². The minimum Gasteiger partial charge on any atom is -0.444 e. The van der Waals surface area contributed by atoms with Crippen molar-refractivity contribution in [3.8, 4) is 0 Å². The van der Waals surface area contributed by atoms with Crippen LogP contribution in [0.15, 0.2) is 30.3 Å². The highest BCUT2D eigenvalue weighted by Gasteiger charge is 2.49. The fourth-order valence-electron chi connectivity index (χ4n) is 2.35. The van der Waals surface area contributed by atoms with Crippen molar-refractivity contribution in [2.24, 2.45) is 0 Å². The standard InChI is InChI=1S/C13H14N2O3/c16-12-14-10-6-7-11(10)15(12)13(17)18-8-9-4-2-1-3-5-9/h1-5,10-11H,6-8H2,(H,14,16)/t10-,11+/m1/s1. The van der Waals surface area contributed by atoms with Crippen molar-refractivity contribution in [2.75, 3.05) is 0 Å². The van der Waals surface area contributed by atoms with E-state index in [1.165, 1.54) is 4.90 Å². The highest BCUT2D eigenvalue weighted by atomic mass is 16.6. The summed E-state index contributed by atoms with van der Waals surface area (Å²) in [5, 5.41) is 2.77. The fraction of sp³-hybridized carbons (Fsp3) is 0.385. The Kier molecular flexibility index (Phi) is 2.66. The van der Waals surface area contributed by atoms with Crippen molar-refractivity contribution in [3.05, 3.63) is 35.9 Å². The van der Waals surface area contributed by atoms with Crippen molar-refractivity contribution in [1.29, 1.82) is 0 Å². The van der Waals surface area contributed by atoms with Crippen molar-refractivity contribution in [3.63, 3.8) is 0 Å². The first-order valence-electron chi connectivity index (χ1n) is 6.06. The predicted octanol–water partition coefficient (Wildman–Crippen LogP) is 1.88. The van der Waals surface area contributed by atoms with Crippen molar-refractivity contribution >= 4 is 12.1 Å². The van der Waals surface area contributed by atoms with Gasteiger partial charge >= 0.3 is 12.1 Å². The van der Waals surface area contributed by atoms with E-state index in [0.717, 1.165) is 18.4 Å². The summed E-state index contributed by atoms with van der Waals surface area (Å²) in [4.78, 5) is 24.7. The van der Waals surface area contributed by atoms with Crippen molar-refractivity contribution in [1.82, 2.24) is 10.2 Å². The molecule has 1 saturated carbocycles. The largest absolute Gasteiger partial charge is 0.444 e. The molecular formula is C13H14N2O3. The number of imide groups is 1. The van der Waals surface area contributed by atoms with Crippen LogP contribution in [0.4, 0.5) is 9.59 Å². The molecule has 2 aliphatic rings. The van der Waals surface area contributed by atoms with Gasteiger partial charge in [-0.1, -0.05) is 30.3 Å². The molecule has 0 spiro atoms. The normalized spacial score (nSPS) is 25.1. The van der Waals surface area contributed by atoms with Gasteiger partial charge in [0.05, 0.1) is 12.1 Å². The molecule has 0 radical (unpaired) electrons. The number of carbonyl (C=O) groups is 2. The number of nitrogens with zero attached hydrogens (tertiary/aromatic N) is 1. The Balaban J connectivity index is 1.60. The van der Waals surface area contributed by atoms with Crippen LogP contribution < -0.4 is 5.32 Å². The fourth-order valence-corrected chi connectivity index (χ4v) is 2.35. The topological polar surface area (TPSA) is 58.6 Å². The molecule has 1 N–H and O–H groups in total. The number of urea groups is 1. The van der Waals surface area contributed by atoms with Crippen LogP contribution in [-0.4, -0.2) is 29.1 Å². The average Bonchev–Trinajstić information content (AvgIpc) is 2.60. The Hall–Kier alpha value is -2.04. The van der Waals surface area contributed by atoms with Gasteiger partial charge < -0.3 is 10.1 Å². The van der Waals surface area contributed by atoms with Crippen LogP contribution in [0.1, 0.15) is 18.4 Å². The number of rotatable bonds is 2. The van der Waals surface area contributed by atoms with Gasteiger partial charge in [0.2, 0.25) is 0 Å². The second kappa shape index (κ2) is 4.33. The SMILES string of the molecule is O=C1N[C@@H]2CC[C@@H]2N1C(=O)OCc1ccccc1. The van der Waals surface area contributed by atoms with Crippen LogP contribution in [0.3, 0.4) is 0 Å². The first-order valence-corrected chi connectivity index (χ1v) is 6.06. The summed E-state index contributed by atoms with van der Waals surface area (Å²) >= 11 is 0. The van der Waals surface area contributed by atoms with Crippen LogP contribution in [0.2, 0.25) is 0 Å². The number of ether oxygens (including phenoxy) is 1. The summed E-state index contributed by atoms with van der Waals surface area (Å²) < 4.78 is 5.16. The Morgan fingerprint density at radius 3 is 2.72 bits per heavy atom. The molecule has 2 atom stereocenters. The van der Waals surface area contributed by atoms with Gasteiger partial charge in [0.25, 0.3) is 0 Å². The van der Waals surface area contributed by atoms with E-state index in [9.17, 15) is 9.59 Å². The minimum absolute atomic E-state index is 0.0132. The van der Waals surface area contributed by atoms with Crippen LogP contribution in [0.5, 0.6) is 0 Å². The lowest BCUT2D eigenvalue weighted by Crippen LogP contribution is -2.47. The van der Waals surface area contributed by atoms with E-state index >= 15 is 0 Å². The molecule has 1 saturated heterocycles. The zero-order chi connectivity index (χ0) is 12.5. The number of nitrogens with one attached hydrogen (secondary N) is 1. The van der Waals surface area contributed by atoms with Gasteiger partial charge in [-0.3, -0.25) is 0 Å². The van der Waals surface area contributed by atoms with Crippen LogP contribution >= 0.6 is 0 Å².